The third-order valence-electron chi connectivity index (χ3n) is 3.48. The van der Waals surface area contributed by atoms with Gasteiger partial charge in [-0.1, -0.05) is 18.2 Å². The van der Waals surface area contributed by atoms with E-state index < -0.39 is 21.2 Å². The number of morpholine rings is 1. The summed E-state index contributed by atoms with van der Waals surface area (Å²) >= 11 is 0. The Hall–Kier alpha value is -0.950. The highest BCUT2D eigenvalue weighted by Gasteiger charge is 2.43. The van der Waals surface area contributed by atoms with Crippen LogP contribution in [0.4, 0.5) is 0 Å². The predicted molar refractivity (Wildman–Crippen MR) is 82.3 cm³/mol. The molecule has 0 spiro atoms. The average Bonchev–Trinajstić information content (AvgIpc) is 2.35. The van der Waals surface area contributed by atoms with Crippen molar-refractivity contribution < 1.29 is 13.2 Å². The maximum absolute atomic E-state index is 13.0. The summed E-state index contributed by atoms with van der Waals surface area (Å²) in [4.78, 5) is 0.293. The van der Waals surface area contributed by atoms with Gasteiger partial charge in [-0.2, -0.15) is 4.31 Å². The third kappa shape index (κ3) is 3.45. The summed E-state index contributed by atoms with van der Waals surface area (Å²) in [6, 6.07) is 6.90. The van der Waals surface area contributed by atoms with Crippen LogP contribution in [0.25, 0.3) is 0 Å². The van der Waals surface area contributed by atoms with E-state index in [2.05, 4.69) is 0 Å². The van der Waals surface area contributed by atoms with E-state index in [1.165, 1.54) is 4.31 Å². The second kappa shape index (κ2) is 5.35. The molecule has 0 unspecified atom stereocenters. The summed E-state index contributed by atoms with van der Waals surface area (Å²) < 4.78 is 33.4. The van der Waals surface area contributed by atoms with Crippen molar-refractivity contribution in [3.63, 3.8) is 0 Å². The zero-order valence-corrected chi connectivity index (χ0v) is 13.9. The molecule has 0 aliphatic carbocycles. The Bertz CT molecular complexity index is 608. The Balaban J connectivity index is 2.44. The molecule has 0 amide bonds. The molecule has 1 heterocycles. The molecule has 1 aliphatic heterocycles. The van der Waals surface area contributed by atoms with Gasteiger partial charge in [0.05, 0.1) is 16.1 Å². The molecule has 0 aromatic heterocycles. The minimum Gasteiger partial charge on any atom is -0.367 e. The summed E-state index contributed by atoms with van der Waals surface area (Å²) in [6.07, 6.45) is 0. The molecule has 2 N–H and O–H groups in total. The summed E-state index contributed by atoms with van der Waals surface area (Å²) in [5, 5.41) is 0. The van der Waals surface area contributed by atoms with Crippen molar-refractivity contribution in [2.24, 2.45) is 5.73 Å². The molecular weight excluding hydrogens is 288 g/mol. The highest BCUT2D eigenvalue weighted by molar-refractivity contribution is 7.89. The van der Waals surface area contributed by atoms with E-state index in [1.54, 1.807) is 24.3 Å². The summed E-state index contributed by atoms with van der Waals surface area (Å²) in [5.74, 6) is 0. The average molecular weight is 312 g/mol. The first-order valence-electron chi connectivity index (χ1n) is 7.06. The Morgan fingerprint density at radius 1 is 1.14 bits per heavy atom. The van der Waals surface area contributed by atoms with Crippen LogP contribution in [0.15, 0.2) is 29.2 Å². The standard InChI is InChI=1S/C15H24N2O3S/c1-14(2)10-17(11-15(3,4)20-14)21(18,19)13-8-6-5-7-12(13)9-16/h5-8H,9-11,16H2,1-4H3. The van der Waals surface area contributed by atoms with Crippen LogP contribution in [-0.2, 0) is 21.3 Å². The molecule has 0 atom stereocenters. The minimum absolute atomic E-state index is 0.201. The molecule has 1 saturated heterocycles. The van der Waals surface area contributed by atoms with Crippen molar-refractivity contribution in [2.75, 3.05) is 13.1 Å². The van der Waals surface area contributed by atoms with Crippen LogP contribution in [0.1, 0.15) is 33.3 Å². The molecule has 5 nitrogen and oxygen atoms in total. The van der Waals surface area contributed by atoms with E-state index in [1.807, 2.05) is 27.7 Å². The molecule has 1 fully saturated rings. The third-order valence-corrected chi connectivity index (χ3v) is 5.37. The molecule has 1 aromatic rings. The smallest absolute Gasteiger partial charge is 0.243 e. The minimum atomic E-state index is -3.57. The lowest BCUT2D eigenvalue weighted by Crippen LogP contribution is -2.58. The fourth-order valence-corrected chi connectivity index (χ4v) is 4.92. The number of sulfonamides is 1. The van der Waals surface area contributed by atoms with E-state index in [4.69, 9.17) is 10.5 Å². The van der Waals surface area contributed by atoms with Crippen LogP contribution in [0, 0.1) is 0 Å². The summed E-state index contributed by atoms with van der Waals surface area (Å²) in [6.45, 7) is 8.49. The molecule has 118 valence electrons. The van der Waals surface area contributed by atoms with Crippen molar-refractivity contribution >= 4 is 10.0 Å². The van der Waals surface area contributed by atoms with Gasteiger partial charge in [-0.05, 0) is 39.3 Å². The lowest BCUT2D eigenvalue weighted by molar-refractivity contribution is -0.163. The number of ether oxygens (including phenoxy) is 1. The van der Waals surface area contributed by atoms with Gasteiger partial charge in [0, 0.05) is 19.6 Å². The lowest BCUT2D eigenvalue weighted by atomic mass is 10.0. The van der Waals surface area contributed by atoms with Crippen molar-refractivity contribution in [1.29, 1.82) is 0 Å². The Morgan fingerprint density at radius 3 is 2.19 bits per heavy atom. The van der Waals surface area contributed by atoms with Gasteiger partial charge in [0.25, 0.3) is 0 Å². The van der Waals surface area contributed by atoms with Gasteiger partial charge in [0.15, 0.2) is 0 Å². The molecule has 0 bridgehead atoms. The Morgan fingerprint density at radius 2 is 1.67 bits per heavy atom. The van der Waals surface area contributed by atoms with Crippen molar-refractivity contribution in [3.8, 4) is 0 Å². The van der Waals surface area contributed by atoms with Crippen molar-refractivity contribution in [2.45, 2.75) is 50.3 Å². The summed E-state index contributed by atoms with van der Waals surface area (Å²) in [7, 11) is -3.57. The van der Waals surface area contributed by atoms with E-state index in [0.717, 1.165) is 0 Å². The van der Waals surface area contributed by atoms with E-state index in [9.17, 15) is 8.42 Å². The SMILES string of the molecule is CC1(C)CN(S(=O)(=O)c2ccccc2CN)CC(C)(C)O1. The zero-order chi connectivity index (χ0) is 15.9. The quantitative estimate of drug-likeness (QED) is 0.922. The molecule has 2 rings (SSSR count). The van der Waals surface area contributed by atoms with Gasteiger partial charge in [-0.25, -0.2) is 8.42 Å². The Kier molecular flexibility index (Phi) is 4.19. The molecule has 21 heavy (non-hydrogen) atoms. The fourth-order valence-electron chi connectivity index (χ4n) is 2.95. The van der Waals surface area contributed by atoms with Gasteiger partial charge in [-0.3, -0.25) is 0 Å². The van der Waals surface area contributed by atoms with Gasteiger partial charge < -0.3 is 10.5 Å². The molecule has 1 aliphatic rings. The van der Waals surface area contributed by atoms with Crippen LogP contribution >= 0.6 is 0 Å². The van der Waals surface area contributed by atoms with E-state index in [0.29, 0.717) is 23.5 Å². The van der Waals surface area contributed by atoms with Gasteiger partial charge in [0.1, 0.15) is 0 Å². The first kappa shape index (κ1) is 16.4. The number of nitrogens with two attached hydrogens (primary N) is 1. The molecular formula is C15H24N2O3S. The molecule has 0 radical (unpaired) electrons. The molecule has 6 heteroatoms. The monoisotopic (exact) mass is 312 g/mol. The van der Waals surface area contributed by atoms with Crippen LogP contribution in [0.2, 0.25) is 0 Å². The first-order valence-corrected chi connectivity index (χ1v) is 8.50. The number of nitrogens with zero attached hydrogens (tertiary/aromatic N) is 1. The van der Waals surface area contributed by atoms with Gasteiger partial charge >= 0.3 is 0 Å². The van der Waals surface area contributed by atoms with Crippen molar-refractivity contribution in [1.82, 2.24) is 4.31 Å². The van der Waals surface area contributed by atoms with Crippen LogP contribution in [0.5, 0.6) is 0 Å². The van der Waals surface area contributed by atoms with Crippen molar-refractivity contribution in [3.05, 3.63) is 29.8 Å². The Labute approximate surface area is 127 Å². The highest BCUT2D eigenvalue weighted by Crippen LogP contribution is 2.32. The van der Waals surface area contributed by atoms with Gasteiger partial charge in [-0.15, -0.1) is 0 Å². The van der Waals surface area contributed by atoms with Crippen LogP contribution in [-0.4, -0.2) is 37.0 Å². The predicted octanol–water partition coefficient (Wildman–Crippen LogP) is 1.72. The summed E-state index contributed by atoms with van der Waals surface area (Å²) in [5.41, 5.74) is 5.27. The maximum Gasteiger partial charge on any atom is 0.243 e. The number of benzene rings is 1. The van der Waals surface area contributed by atoms with Crippen LogP contribution < -0.4 is 5.73 Å². The van der Waals surface area contributed by atoms with Crippen LogP contribution in [0.3, 0.4) is 0 Å². The zero-order valence-electron chi connectivity index (χ0n) is 13.1. The number of hydrogen-bond donors (Lipinski definition) is 1. The second-order valence-corrected chi connectivity index (χ2v) is 8.61. The van der Waals surface area contributed by atoms with Gasteiger partial charge in [0.2, 0.25) is 10.0 Å². The highest BCUT2D eigenvalue weighted by atomic mass is 32.2. The number of hydrogen-bond acceptors (Lipinski definition) is 4. The maximum atomic E-state index is 13.0. The number of rotatable bonds is 3. The first-order chi connectivity index (χ1) is 9.57. The normalized spacial score (nSPS) is 22.1. The van der Waals surface area contributed by atoms with E-state index >= 15 is 0 Å². The lowest BCUT2D eigenvalue weighted by Gasteiger charge is -2.46. The topological polar surface area (TPSA) is 72.6 Å². The largest absolute Gasteiger partial charge is 0.367 e. The molecule has 1 aromatic carbocycles. The second-order valence-electron chi connectivity index (χ2n) is 6.71. The molecule has 0 saturated carbocycles. The van der Waals surface area contributed by atoms with E-state index in [-0.39, 0.29) is 6.54 Å². The fraction of sp³-hybridized carbons (Fsp3) is 0.600.